The number of rotatable bonds is 7. The minimum Gasteiger partial charge on any atom is -0.508 e. The molecule has 3 rings (SSSR count). The molecule has 0 saturated heterocycles. The van der Waals surface area contributed by atoms with Crippen LogP contribution in [0.5, 0.6) is 11.5 Å². The highest BCUT2D eigenvalue weighted by atomic mass is 16.5. The van der Waals surface area contributed by atoms with E-state index >= 15 is 0 Å². The zero-order valence-corrected chi connectivity index (χ0v) is 17.4. The van der Waals surface area contributed by atoms with Crippen LogP contribution in [0.3, 0.4) is 0 Å². The van der Waals surface area contributed by atoms with E-state index in [1.54, 1.807) is 12.1 Å². The number of carbonyl (C=O) groups is 1. The van der Waals surface area contributed by atoms with Crippen LogP contribution in [0.25, 0.3) is 10.9 Å². The molecular formula is C24H29NO3. The Morgan fingerprint density at radius 1 is 1.14 bits per heavy atom. The largest absolute Gasteiger partial charge is 0.508 e. The van der Waals surface area contributed by atoms with Crippen molar-refractivity contribution in [1.82, 2.24) is 4.57 Å². The number of aromatic nitrogens is 1. The lowest BCUT2D eigenvalue weighted by molar-refractivity contribution is 0.0989. The number of aryl methyl sites for hydroxylation is 1. The normalized spacial score (nSPS) is 11.4. The summed E-state index contributed by atoms with van der Waals surface area (Å²) in [5.41, 5.74) is 4.94. The molecule has 0 amide bonds. The summed E-state index contributed by atoms with van der Waals surface area (Å²) in [5, 5.41) is 10.7. The molecule has 0 atom stereocenters. The van der Waals surface area contributed by atoms with E-state index in [2.05, 4.69) is 43.5 Å². The number of aromatic hydroxyl groups is 1. The lowest BCUT2D eigenvalue weighted by Gasteiger charge is -2.16. The van der Waals surface area contributed by atoms with Crippen LogP contribution in [-0.2, 0) is 6.54 Å². The number of Topliss-reactive ketones (excluding diaryl/α,β-unsaturated/α-hetero) is 1. The molecule has 1 aromatic heterocycles. The lowest BCUT2D eigenvalue weighted by Crippen LogP contribution is -2.11. The number of ketones is 1. The second-order valence-corrected chi connectivity index (χ2v) is 7.63. The van der Waals surface area contributed by atoms with Gasteiger partial charge in [-0.25, -0.2) is 0 Å². The molecule has 0 unspecified atom stereocenters. The molecule has 148 valence electrons. The molecular weight excluding hydrogens is 350 g/mol. The van der Waals surface area contributed by atoms with E-state index in [1.165, 1.54) is 11.1 Å². The van der Waals surface area contributed by atoms with Gasteiger partial charge >= 0.3 is 0 Å². The smallest absolute Gasteiger partial charge is 0.165 e. The zero-order valence-electron chi connectivity index (χ0n) is 17.4. The van der Waals surface area contributed by atoms with Gasteiger partial charge in [-0.1, -0.05) is 32.9 Å². The first-order valence-corrected chi connectivity index (χ1v) is 9.91. The van der Waals surface area contributed by atoms with Crippen LogP contribution < -0.4 is 4.74 Å². The molecule has 3 aromatic rings. The summed E-state index contributed by atoms with van der Waals surface area (Å²) < 4.78 is 8.27. The number of phenols is 1. The quantitative estimate of drug-likeness (QED) is 0.531. The van der Waals surface area contributed by atoms with Crippen molar-refractivity contribution in [2.45, 2.75) is 53.5 Å². The van der Waals surface area contributed by atoms with Crippen molar-refractivity contribution in [3.63, 3.8) is 0 Å². The summed E-state index contributed by atoms with van der Waals surface area (Å²) in [7, 11) is 0. The van der Waals surface area contributed by atoms with E-state index in [4.69, 9.17) is 4.74 Å². The van der Waals surface area contributed by atoms with E-state index in [0.29, 0.717) is 31.1 Å². The van der Waals surface area contributed by atoms with Gasteiger partial charge in [-0.2, -0.15) is 0 Å². The molecule has 0 aliphatic rings. The van der Waals surface area contributed by atoms with Gasteiger partial charge in [-0.05, 0) is 55.2 Å². The number of benzene rings is 2. The van der Waals surface area contributed by atoms with Gasteiger partial charge in [-0.15, -0.1) is 0 Å². The van der Waals surface area contributed by atoms with Crippen LogP contribution in [0.15, 0.2) is 36.4 Å². The van der Waals surface area contributed by atoms with E-state index in [-0.39, 0.29) is 11.5 Å². The van der Waals surface area contributed by atoms with Crippen LogP contribution in [0, 0.1) is 13.8 Å². The molecule has 0 spiro atoms. The highest BCUT2D eigenvalue weighted by molar-refractivity contribution is 6.09. The number of carbonyl (C=O) groups excluding carboxylic acids is 1. The molecule has 1 N–H and O–H groups in total. The molecule has 0 bridgehead atoms. The standard InChI is InChI=1S/C24H29NO3/c1-6-22(27)24-17(5)25(21-10-8-18(26)14-20(21)24)11-12-28-23-13-16(4)7-9-19(23)15(2)3/h7-10,13-15,26H,6,11-12H2,1-5H3. The van der Waals surface area contributed by atoms with Crippen LogP contribution in [0.4, 0.5) is 0 Å². The van der Waals surface area contributed by atoms with Crippen LogP contribution >= 0.6 is 0 Å². The van der Waals surface area contributed by atoms with Gasteiger partial charge in [0.25, 0.3) is 0 Å². The third-order valence-corrected chi connectivity index (χ3v) is 5.27. The molecule has 0 saturated carbocycles. The van der Waals surface area contributed by atoms with Gasteiger partial charge in [-0.3, -0.25) is 4.79 Å². The number of phenolic OH excluding ortho intramolecular Hbond substituents is 1. The summed E-state index contributed by atoms with van der Waals surface area (Å²) >= 11 is 0. The molecule has 0 radical (unpaired) electrons. The molecule has 28 heavy (non-hydrogen) atoms. The SMILES string of the molecule is CCC(=O)c1c(C)n(CCOc2cc(C)ccc2C(C)C)c2ccc(O)cc12. The monoisotopic (exact) mass is 379 g/mol. The second kappa shape index (κ2) is 8.09. The molecule has 2 aromatic carbocycles. The average Bonchev–Trinajstić information content (AvgIpc) is 2.92. The minimum absolute atomic E-state index is 0.0912. The van der Waals surface area contributed by atoms with E-state index in [9.17, 15) is 9.90 Å². The number of ether oxygens (including phenoxy) is 1. The summed E-state index contributed by atoms with van der Waals surface area (Å²) in [6, 6.07) is 11.5. The summed E-state index contributed by atoms with van der Waals surface area (Å²) in [6.45, 7) is 11.4. The van der Waals surface area contributed by atoms with Crippen molar-refractivity contribution in [1.29, 1.82) is 0 Å². The fourth-order valence-electron chi connectivity index (χ4n) is 3.78. The first kappa shape index (κ1) is 20.0. The second-order valence-electron chi connectivity index (χ2n) is 7.63. The summed E-state index contributed by atoms with van der Waals surface area (Å²) in [4.78, 5) is 12.5. The van der Waals surface area contributed by atoms with Gasteiger partial charge in [0.1, 0.15) is 18.1 Å². The number of hydrogen-bond acceptors (Lipinski definition) is 3. The van der Waals surface area contributed by atoms with Gasteiger partial charge < -0.3 is 14.4 Å². The minimum atomic E-state index is 0.0912. The van der Waals surface area contributed by atoms with Crippen molar-refractivity contribution in [3.8, 4) is 11.5 Å². The first-order valence-electron chi connectivity index (χ1n) is 9.91. The number of nitrogens with zero attached hydrogens (tertiary/aromatic N) is 1. The predicted octanol–water partition coefficient (Wildman–Crippen LogP) is 5.76. The Kier molecular flexibility index (Phi) is 5.78. The van der Waals surface area contributed by atoms with E-state index in [0.717, 1.165) is 22.3 Å². The highest BCUT2D eigenvalue weighted by Crippen LogP contribution is 2.31. The molecule has 4 nitrogen and oxygen atoms in total. The average molecular weight is 380 g/mol. The van der Waals surface area contributed by atoms with Crippen LogP contribution in [0.2, 0.25) is 0 Å². The van der Waals surface area contributed by atoms with Crippen LogP contribution in [0.1, 0.15) is 60.3 Å². The molecule has 0 fully saturated rings. The molecule has 4 heteroatoms. The Labute approximate surface area is 166 Å². The van der Waals surface area contributed by atoms with Gasteiger partial charge in [0.05, 0.1) is 6.54 Å². The topological polar surface area (TPSA) is 51.5 Å². The van der Waals surface area contributed by atoms with Crippen LogP contribution in [-0.4, -0.2) is 22.1 Å². The zero-order chi connectivity index (χ0) is 20.4. The number of fused-ring (bicyclic) bond motifs is 1. The van der Waals surface area contributed by atoms with E-state index in [1.807, 2.05) is 19.9 Å². The van der Waals surface area contributed by atoms with E-state index < -0.39 is 0 Å². The fourth-order valence-corrected chi connectivity index (χ4v) is 3.78. The Hall–Kier alpha value is -2.75. The fraction of sp³-hybridized carbons (Fsp3) is 0.375. The summed E-state index contributed by atoms with van der Waals surface area (Å²) in [5.74, 6) is 1.58. The van der Waals surface area contributed by atoms with Crippen molar-refractivity contribution in [2.24, 2.45) is 0 Å². The summed E-state index contributed by atoms with van der Waals surface area (Å²) in [6.07, 6.45) is 0.438. The van der Waals surface area contributed by atoms with Crippen molar-refractivity contribution in [2.75, 3.05) is 6.61 Å². The maximum absolute atomic E-state index is 12.5. The maximum Gasteiger partial charge on any atom is 0.165 e. The molecule has 1 heterocycles. The van der Waals surface area contributed by atoms with Gasteiger partial charge in [0, 0.05) is 28.6 Å². The Balaban J connectivity index is 1.91. The van der Waals surface area contributed by atoms with Crippen molar-refractivity contribution in [3.05, 3.63) is 58.8 Å². The third kappa shape index (κ3) is 3.77. The van der Waals surface area contributed by atoms with Crippen molar-refractivity contribution < 1.29 is 14.6 Å². The Bertz CT molecular complexity index is 1010. The Morgan fingerprint density at radius 3 is 2.57 bits per heavy atom. The lowest BCUT2D eigenvalue weighted by atomic mass is 10.0. The predicted molar refractivity (Wildman–Crippen MR) is 114 cm³/mol. The first-order chi connectivity index (χ1) is 13.3. The molecule has 0 aliphatic heterocycles. The maximum atomic E-state index is 12.5. The number of hydrogen-bond donors (Lipinski definition) is 1. The Morgan fingerprint density at radius 2 is 1.89 bits per heavy atom. The molecule has 0 aliphatic carbocycles. The van der Waals surface area contributed by atoms with Gasteiger partial charge in [0.15, 0.2) is 5.78 Å². The highest BCUT2D eigenvalue weighted by Gasteiger charge is 2.19. The van der Waals surface area contributed by atoms with Crippen molar-refractivity contribution >= 4 is 16.7 Å². The van der Waals surface area contributed by atoms with Gasteiger partial charge in [0.2, 0.25) is 0 Å². The third-order valence-electron chi connectivity index (χ3n) is 5.27.